The van der Waals surface area contributed by atoms with Crippen LogP contribution in [0.25, 0.3) is 0 Å². The number of sulfonamides is 1. The molecule has 5 nitrogen and oxygen atoms in total. The van der Waals surface area contributed by atoms with Crippen LogP contribution in [-0.2, 0) is 10.0 Å². The average molecular weight is 314 g/mol. The first-order chi connectivity index (χ1) is 9.78. The number of aliphatic hydroxyl groups excluding tert-OH is 1. The second kappa shape index (κ2) is 7.52. The second-order valence-electron chi connectivity index (χ2n) is 4.73. The van der Waals surface area contributed by atoms with Crippen molar-refractivity contribution >= 4 is 10.0 Å². The van der Waals surface area contributed by atoms with Crippen molar-refractivity contribution in [3.05, 3.63) is 29.6 Å². The number of nitrogens with zero attached hydrogens (tertiary/aromatic N) is 2. The molecule has 7 heteroatoms. The van der Waals surface area contributed by atoms with Crippen LogP contribution in [0.15, 0.2) is 23.1 Å². The average Bonchev–Trinajstić information content (AvgIpc) is 2.43. The van der Waals surface area contributed by atoms with Crippen LogP contribution in [0.5, 0.6) is 0 Å². The fourth-order valence-electron chi connectivity index (χ4n) is 1.53. The minimum Gasteiger partial charge on any atom is -0.384 e. The molecular formula is C14H19FN2O3S. The highest BCUT2D eigenvalue weighted by Crippen LogP contribution is 2.17. The van der Waals surface area contributed by atoms with Crippen molar-refractivity contribution in [1.29, 1.82) is 0 Å². The topological polar surface area (TPSA) is 60.9 Å². The standard InChI is InChI=1S/C14H19FN2O3S/c1-16(2)8-9-17(3)21(19,20)13-7-6-12(5-4-10-18)14(15)11-13/h6-7,11,18H,8-10H2,1-3H3. The highest BCUT2D eigenvalue weighted by Gasteiger charge is 2.21. The quantitative estimate of drug-likeness (QED) is 0.797. The fraction of sp³-hybridized carbons (Fsp3) is 0.429. The van der Waals surface area contributed by atoms with E-state index in [1.807, 2.05) is 19.0 Å². The zero-order valence-electron chi connectivity index (χ0n) is 12.3. The van der Waals surface area contributed by atoms with Gasteiger partial charge in [0.1, 0.15) is 12.4 Å². The number of benzene rings is 1. The third-order valence-electron chi connectivity index (χ3n) is 2.81. The summed E-state index contributed by atoms with van der Waals surface area (Å²) in [6.45, 7) is 0.494. The Morgan fingerprint density at radius 3 is 2.43 bits per heavy atom. The van der Waals surface area contributed by atoms with Crippen molar-refractivity contribution < 1.29 is 17.9 Å². The smallest absolute Gasteiger partial charge is 0.242 e. The number of aliphatic hydroxyl groups is 1. The van der Waals surface area contributed by atoms with Crippen LogP contribution in [-0.4, -0.2) is 63.6 Å². The van der Waals surface area contributed by atoms with Crippen molar-refractivity contribution in [2.75, 3.05) is 40.8 Å². The fourth-order valence-corrected chi connectivity index (χ4v) is 2.71. The molecule has 0 amide bonds. The SMILES string of the molecule is CN(C)CCN(C)S(=O)(=O)c1ccc(C#CCO)c(F)c1. The molecule has 1 N–H and O–H groups in total. The van der Waals surface area contributed by atoms with Gasteiger partial charge in [-0.2, -0.15) is 4.31 Å². The Balaban J connectivity index is 3.01. The molecule has 0 aliphatic carbocycles. The van der Waals surface area contributed by atoms with Crippen LogP contribution >= 0.6 is 0 Å². The van der Waals surface area contributed by atoms with E-state index in [2.05, 4.69) is 11.8 Å². The Hall–Kier alpha value is -1.46. The van der Waals surface area contributed by atoms with Crippen molar-refractivity contribution in [3.8, 4) is 11.8 Å². The van der Waals surface area contributed by atoms with Crippen LogP contribution in [0.2, 0.25) is 0 Å². The van der Waals surface area contributed by atoms with Gasteiger partial charge in [0.25, 0.3) is 0 Å². The number of hydrogen-bond donors (Lipinski definition) is 1. The maximum Gasteiger partial charge on any atom is 0.242 e. The molecule has 0 fully saturated rings. The molecule has 0 radical (unpaired) electrons. The van der Waals surface area contributed by atoms with E-state index in [4.69, 9.17) is 5.11 Å². The van der Waals surface area contributed by atoms with Gasteiger partial charge in [-0.3, -0.25) is 0 Å². The molecule has 1 rings (SSSR count). The molecule has 0 spiro atoms. The van der Waals surface area contributed by atoms with Crippen molar-refractivity contribution in [2.24, 2.45) is 0 Å². The molecule has 116 valence electrons. The lowest BCUT2D eigenvalue weighted by molar-refractivity contribution is 0.350. The molecular weight excluding hydrogens is 295 g/mol. The molecule has 0 saturated carbocycles. The summed E-state index contributed by atoms with van der Waals surface area (Å²) in [5, 5.41) is 8.58. The zero-order chi connectivity index (χ0) is 16.0. The van der Waals surface area contributed by atoms with Gasteiger partial charge < -0.3 is 10.0 Å². The Bertz CT molecular complexity index is 648. The van der Waals surface area contributed by atoms with Crippen LogP contribution < -0.4 is 0 Å². The number of likely N-dealkylation sites (N-methyl/N-ethyl adjacent to an activating group) is 2. The Kier molecular flexibility index (Phi) is 6.30. The lowest BCUT2D eigenvalue weighted by Gasteiger charge is -2.19. The molecule has 0 unspecified atom stereocenters. The molecule has 0 saturated heterocycles. The summed E-state index contributed by atoms with van der Waals surface area (Å²) in [6, 6.07) is 3.56. The predicted octanol–water partition coefficient (Wildman–Crippen LogP) is 0.352. The first-order valence-corrected chi connectivity index (χ1v) is 7.73. The van der Waals surface area contributed by atoms with E-state index in [-0.39, 0.29) is 17.1 Å². The van der Waals surface area contributed by atoms with Gasteiger partial charge in [0.15, 0.2) is 0 Å². The summed E-state index contributed by atoms with van der Waals surface area (Å²) in [7, 11) is 1.41. The summed E-state index contributed by atoms with van der Waals surface area (Å²) in [6.07, 6.45) is 0. The summed E-state index contributed by atoms with van der Waals surface area (Å²) >= 11 is 0. The normalized spacial score (nSPS) is 11.6. The van der Waals surface area contributed by atoms with Gasteiger partial charge in [0.05, 0.1) is 10.5 Å². The predicted molar refractivity (Wildman–Crippen MR) is 78.7 cm³/mol. The van der Waals surface area contributed by atoms with E-state index < -0.39 is 15.8 Å². The van der Waals surface area contributed by atoms with E-state index in [1.54, 1.807) is 0 Å². The molecule has 0 aliphatic heterocycles. The molecule has 0 aromatic heterocycles. The Labute approximate surface area is 125 Å². The summed E-state index contributed by atoms with van der Waals surface area (Å²) in [5.41, 5.74) is 0.0546. The minimum absolute atomic E-state index is 0.0546. The molecule has 0 atom stereocenters. The lowest BCUT2D eigenvalue weighted by atomic mass is 10.2. The minimum atomic E-state index is -3.73. The van der Waals surface area contributed by atoms with Crippen molar-refractivity contribution in [3.63, 3.8) is 0 Å². The number of halogens is 1. The number of hydrogen-bond acceptors (Lipinski definition) is 4. The van der Waals surface area contributed by atoms with Gasteiger partial charge in [-0.15, -0.1) is 0 Å². The first-order valence-electron chi connectivity index (χ1n) is 6.29. The van der Waals surface area contributed by atoms with E-state index in [0.717, 1.165) is 6.07 Å². The highest BCUT2D eigenvalue weighted by molar-refractivity contribution is 7.89. The third kappa shape index (κ3) is 4.79. The second-order valence-corrected chi connectivity index (χ2v) is 6.78. The maximum absolute atomic E-state index is 13.8. The van der Waals surface area contributed by atoms with Gasteiger partial charge in [-0.1, -0.05) is 11.8 Å². The van der Waals surface area contributed by atoms with E-state index in [9.17, 15) is 12.8 Å². The lowest BCUT2D eigenvalue weighted by Crippen LogP contribution is -2.33. The zero-order valence-corrected chi connectivity index (χ0v) is 13.1. The van der Waals surface area contributed by atoms with E-state index in [0.29, 0.717) is 13.1 Å². The van der Waals surface area contributed by atoms with Gasteiger partial charge in [-0.25, -0.2) is 12.8 Å². The Morgan fingerprint density at radius 1 is 1.24 bits per heavy atom. The van der Waals surface area contributed by atoms with Gasteiger partial charge in [-0.05, 0) is 32.3 Å². The Morgan fingerprint density at radius 2 is 1.90 bits per heavy atom. The van der Waals surface area contributed by atoms with Crippen LogP contribution in [0.1, 0.15) is 5.56 Å². The van der Waals surface area contributed by atoms with Crippen LogP contribution in [0, 0.1) is 17.7 Å². The van der Waals surface area contributed by atoms with Gasteiger partial charge in [0.2, 0.25) is 10.0 Å². The van der Waals surface area contributed by atoms with Crippen molar-refractivity contribution in [2.45, 2.75) is 4.90 Å². The largest absolute Gasteiger partial charge is 0.384 e. The summed E-state index contributed by atoms with van der Waals surface area (Å²) < 4.78 is 39.6. The maximum atomic E-state index is 13.8. The summed E-state index contributed by atoms with van der Waals surface area (Å²) in [5.74, 6) is 4.02. The third-order valence-corrected chi connectivity index (χ3v) is 4.67. The first kappa shape index (κ1) is 17.6. The van der Waals surface area contributed by atoms with E-state index >= 15 is 0 Å². The van der Waals surface area contributed by atoms with E-state index in [1.165, 1.54) is 23.5 Å². The van der Waals surface area contributed by atoms with Crippen molar-refractivity contribution in [1.82, 2.24) is 9.21 Å². The van der Waals surface area contributed by atoms with Crippen LogP contribution in [0.3, 0.4) is 0 Å². The van der Waals surface area contributed by atoms with Crippen LogP contribution in [0.4, 0.5) is 4.39 Å². The monoisotopic (exact) mass is 314 g/mol. The van der Waals surface area contributed by atoms with Gasteiger partial charge >= 0.3 is 0 Å². The molecule has 0 bridgehead atoms. The molecule has 0 aliphatic rings. The molecule has 1 aromatic carbocycles. The summed E-state index contributed by atoms with van der Waals surface area (Å²) in [4.78, 5) is 1.75. The molecule has 1 aromatic rings. The highest BCUT2D eigenvalue weighted by atomic mass is 32.2. The molecule has 0 heterocycles. The number of rotatable bonds is 5. The van der Waals surface area contributed by atoms with Gasteiger partial charge in [0, 0.05) is 20.1 Å². The molecule has 21 heavy (non-hydrogen) atoms.